The lowest BCUT2D eigenvalue weighted by Crippen LogP contribution is -2.40. The van der Waals surface area contributed by atoms with Gasteiger partial charge in [-0.05, 0) is 31.0 Å². The zero-order valence-electron chi connectivity index (χ0n) is 11.2. The fourth-order valence-corrected chi connectivity index (χ4v) is 1.64. The highest BCUT2D eigenvalue weighted by Crippen LogP contribution is 2.14. The van der Waals surface area contributed by atoms with Gasteiger partial charge < -0.3 is 10.1 Å². The summed E-state index contributed by atoms with van der Waals surface area (Å²) in [4.78, 5) is 33.2. The van der Waals surface area contributed by atoms with Crippen LogP contribution < -0.4 is 10.1 Å². The molecule has 1 amide bonds. The monoisotopic (exact) mass is 263 g/mol. The Morgan fingerprint density at radius 1 is 1.11 bits per heavy atom. The molecule has 5 heteroatoms. The summed E-state index contributed by atoms with van der Waals surface area (Å²) in [6.45, 7) is 4.14. The molecule has 0 fully saturated rings. The number of rotatable bonds is 5. The van der Waals surface area contributed by atoms with Gasteiger partial charge >= 0.3 is 5.97 Å². The number of nitrogens with one attached hydrogen (secondary N) is 1. The molecule has 0 spiro atoms. The van der Waals surface area contributed by atoms with E-state index in [1.807, 2.05) is 0 Å². The van der Waals surface area contributed by atoms with Gasteiger partial charge in [-0.1, -0.05) is 12.1 Å². The number of amides is 1. The molecule has 0 aromatic heterocycles. The van der Waals surface area contributed by atoms with Crippen molar-refractivity contribution in [3.63, 3.8) is 0 Å². The van der Waals surface area contributed by atoms with Crippen molar-refractivity contribution in [3.05, 3.63) is 29.8 Å². The molecular formula is C14H17NO4. The first-order valence-corrected chi connectivity index (χ1v) is 5.93. The molecule has 0 heterocycles. The van der Waals surface area contributed by atoms with Gasteiger partial charge in [0.15, 0.2) is 5.78 Å². The second kappa shape index (κ2) is 6.68. The van der Waals surface area contributed by atoms with E-state index in [0.717, 1.165) is 5.56 Å². The fourth-order valence-electron chi connectivity index (χ4n) is 1.64. The van der Waals surface area contributed by atoms with E-state index in [9.17, 15) is 14.4 Å². The molecule has 0 saturated carbocycles. The maximum atomic E-state index is 11.4. The van der Waals surface area contributed by atoms with E-state index in [0.29, 0.717) is 12.2 Å². The second-order valence-corrected chi connectivity index (χ2v) is 4.31. The van der Waals surface area contributed by atoms with Crippen molar-refractivity contribution in [1.82, 2.24) is 5.32 Å². The molecule has 0 unspecified atom stereocenters. The van der Waals surface area contributed by atoms with Crippen molar-refractivity contribution in [2.45, 2.75) is 33.2 Å². The number of benzene rings is 1. The summed E-state index contributed by atoms with van der Waals surface area (Å²) in [5.74, 6) is -0.265. The first-order chi connectivity index (χ1) is 8.88. The molecule has 0 aliphatic carbocycles. The van der Waals surface area contributed by atoms with Crippen LogP contribution in [0.3, 0.4) is 0 Å². The molecule has 0 aliphatic heterocycles. The molecule has 0 bridgehead atoms. The van der Waals surface area contributed by atoms with Gasteiger partial charge in [-0.3, -0.25) is 14.4 Å². The van der Waals surface area contributed by atoms with Crippen LogP contribution in [-0.2, 0) is 20.8 Å². The first-order valence-electron chi connectivity index (χ1n) is 5.93. The van der Waals surface area contributed by atoms with Crippen LogP contribution in [0.2, 0.25) is 0 Å². The van der Waals surface area contributed by atoms with Gasteiger partial charge in [-0.2, -0.15) is 0 Å². The number of ether oxygens (including phenoxy) is 1. The molecule has 0 saturated heterocycles. The van der Waals surface area contributed by atoms with Crippen LogP contribution in [0.5, 0.6) is 5.75 Å². The molecular weight excluding hydrogens is 246 g/mol. The lowest BCUT2D eigenvalue weighted by molar-refractivity contribution is -0.131. The average Bonchev–Trinajstić information content (AvgIpc) is 2.29. The second-order valence-electron chi connectivity index (χ2n) is 4.31. The highest BCUT2D eigenvalue weighted by molar-refractivity contribution is 5.86. The Labute approximate surface area is 111 Å². The lowest BCUT2D eigenvalue weighted by Gasteiger charge is -2.14. The number of carbonyl (C=O) groups is 3. The minimum atomic E-state index is -0.530. The minimum Gasteiger partial charge on any atom is -0.427 e. The van der Waals surface area contributed by atoms with Crippen LogP contribution in [0.1, 0.15) is 26.3 Å². The van der Waals surface area contributed by atoms with Crippen molar-refractivity contribution in [2.75, 3.05) is 0 Å². The summed E-state index contributed by atoms with van der Waals surface area (Å²) in [5, 5.41) is 2.60. The van der Waals surface area contributed by atoms with Crippen molar-refractivity contribution in [2.24, 2.45) is 0 Å². The van der Waals surface area contributed by atoms with Gasteiger partial charge in [0.1, 0.15) is 5.75 Å². The Hall–Kier alpha value is -2.17. The summed E-state index contributed by atoms with van der Waals surface area (Å²) in [6, 6.07) is 6.30. The maximum Gasteiger partial charge on any atom is 0.308 e. The van der Waals surface area contributed by atoms with Crippen molar-refractivity contribution in [1.29, 1.82) is 0 Å². The van der Waals surface area contributed by atoms with E-state index in [2.05, 4.69) is 5.32 Å². The van der Waals surface area contributed by atoms with Crippen LogP contribution in [0.15, 0.2) is 24.3 Å². The molecule has 0 aliphatic rings. The van der Waals surface area contributed by atoms with Gasteiger partial charge in [-0.25, -0.2) is 0 Å². The SMILES string of the molecule is CC(=O)N[C@H](Cc1ccc(OC(C)=O)cc1)C(C)=O. The molecule has 102 valence electrons. The molecule has 1 atom stereocenters. The summed E-state index contributed by atoms with van der Waals surface area (Å²) >= 11 is 0. The Bertz CT molecular complexity index is 479. The van der Waals surface area contributed by atoms with Crippen LogP contribution >= 0.6 is 0 Å². The lowest BCUT2D eigenvalue weighted by atomic mass is 10.0. The standard InChI is InChI=1S/C14H17NO4/c1-9(16)14(15-10(2)17)8-12-4-6-13(7-5-12)19-11(3)18/h4-7,14H,8H2,1-3H3,(H,15,17)/t14-/m1/s1. The Kier molecular flexibility index (Phi) is 5.23. The van der Waals surface area contributed by atoms with Crippen LogP contribution in [0.25, 0.3) is 0 Å². The van der Waals surface area contributed by atoms with E-state index in [1.54, 1.807) is 24.3 Å². The van der Waals surface area contributed by atoms with Gasteiger partial charge in [0.05, 0.1) is 6.04 Å². The van der Waals surface area contributed by atoms with Crippen molar-refractivity contribution < 1.29 is 19.1 Å². The van der Waals surface area contributed by atoms with Crippen molar-refractivity contribution >= 4 is 17.7 Å². The molecule has 19 heavy (non-hydrogen) atoms. The number of esters is 1. The zero-order chi connectivity index (χ0) is 14.4. The van der Waals surface area contributed by atoms with Crippen molar-refractivity contribution in [3.8, 4) is 5.75 Å². The third-order valence-electron chi connectivity index (χ3n) is 2.49. The van der Waals surface area contributed by atoms with E-state index in [-0.39, 0.29) is 17.7 Å². The first kappa shape index (κ1) is 14.9. The summed E-state index contributed by atoms with van der Waals surface area (Å²) in [5.41, 5.74) is 0.879. The predicted molar refractivity (Wildman–Crippen MR) is 69.7 cm³/mol. The fraction of sp³-hybridized carbons (Fsp3) is 0.357. The number of carbonyl (C=O) groups excluding carboxylic acids is 3. The molecule has 1 rings (SSSR count). The van der Waals surface area contributed by atoms with Crippen LogP contribution in [-0.4, -0.2) is 23.7 Å². The van der Waals surface area contributed by atoms with Crippen LogP contribution in [0.4, 0.5) is 0 Å². The van der Waals surface area contributed by atoms with Gasteiger partial charge in [0.2, 0.25) is 5.91 Å². The minimum absolute atomic E-state index is 0.0979. The predicted octanol–water partition coefficient (Wildman–Crippen LogP) is 1.25. The Balaban J connectivity index is 2.72. The topological polar surface area (TPSA) is 72.5 Å². The van der Waals surface area contributed by atoms with E-state index in [4.69, 9.17) is 4.74 Å². The number of Topliss-reactive ketones (excluding diaryl/α,β-unsaturated/α-hetero) is 1. The Morgan fingerprint density at radius 2 is 1.68 bits per heavy atom. The van der Waals surface area contributed by atoms with Gasteiger partial charge in [-0.15, -0.1) is 0 Å². The van der Waals surface area contributed by atoms with Gasteiger partial charge in [0, 0.05) is 13.8 Å². The quantitative estimate of drug-likeness (QED) is 0.641. The molecule has 1 N–H and O–H groups in total. The van der Waals surface area contributed by atoms with E-state index < -0.39 is 6.04 Å². The number of hydrogen-bond acceptors (Lipinski definition) is 4. The largest absolute Gasteiger partial charge is 0.427 e. The summed E-state index contributed by atoms with van der Waals surface area (Å²) in [7, 11) is 0. The third-order valence-corrected chi connectivity index (χ3v) is 2.49. The maximum absolute atomic E-state index is 11.4. The zero-order valence-corrected chi connectivity index (χ0v) is 11.2. The highest BCUT2D eigenvalue weighted by Gasteiger charge is 2.15. The van der Waals surface area contributed by atoms with E-state index in [1.165, 1.54) is 20.8 Å². The number of hydrogen-bond donors (Lipinski definition) is 1. The smallest absolute Gasteiger partial charge is 0.308 e. The summed E-state index contributed by atoms with van der Waals surface area (Å²) < 4.78 is 4.91. The van der Waals surface area contributed by atoms with Crippen LogP contribution in [0, 0.1) is 0 Å². The average molecular weight is 263 g/mol. The molecule has 0 radical (unpaired) electrons. The number of ketones is 1. The summed E-state index contributed by atoms with van der Waals surface area (Å²) in [6.07, 6.45) is 0.412. The van der Waals surface area contributed by atoms with Gasteiger partial charge in [0.25, 0.3) is 0 Å². The highest BCUT2D eigenvalue weighted by atomic mass is 16.5. The molecule has 1 aromatic rings. The molecule has 1 aromatic carbocycles. The normalized spacial score (nSPS) is 11.5. The Morgan fingerprint density at radius 3 is 2.11 bits per heavy atom. The molecule has 5 nitrogen and oxygen atoms in total. The van der Waals surface area contributed by atoms with E-state index >= 15 is 0 Å². The third kappa shape index (κ3) is 5.33.